The maximum atomic E-state index is 10.5. The second-order valence-electron chi connectivity index (χ2n) is 1.98. The van der Waals surface area contributed by atoms with Gasteiger partial charge in [0.05, 0.1) is 0 Å². The summed E-state index contributed by atoms with van der Waals surface area (Å²) >= 11 is 0. The van der Waals surface area contributed by atoms with Crippen LogP contribution < -0.4 is 5.32 Å². The zero-order valence-corrected chi connectivity index (χ0v) is 4.40. The molecular formula is C6H13NO. The van der Waals surface area contributed by atoms with Gasteiger partial charge in [-0.25, -0.2) is 0 Å². The number of amides is 1. The summed E-state index contributed by atoms with van der Waals surface area (Å²) < 4.78 is 0. The summed E-state index contributed by atoms with van der Waals surface area (Å²) in [5.74, 6) is 0.472. The number of rotatable bonds is 0. The Morgan fingerprint density at radius 1 is 1.75 bits per heavy atom. The van der Waals surface area contributed by atoms with E-state index in [-0.39, 0.29) is 19.3 Å². The summed E-state index contributed by atoms with van der Waals surface area (Å²) in [6.45, 7) is 2.82. The third-order valence-electron chi connectivity index (χ3n) is 1.32. The first-order valence-corrected chi connectivity index (χ1v) is 2.58. The van der Waals surface area contributed by atoms with Crippen LogP contribution >= 0.6 is 0 Å². The monoisotopic (exact) mass is 115 g/mol. The van der Waals surface area contributed by atoms with Crippen molar-refractivity contribution in [2.24, 2.45) is 5.92 Å². The van der Waals surface area contributed by atoms with Gasteiger partial charge in [0.1, 0.15) is 0 Å². The van der Waals surface area contributed by atoms with Crippen LogP contribution in [0.1, 0.15) is 20.8 Å². The minimum atomic E-state index is 0. The first-order chi connectivity index (χ1) is 3.30. The van der Waals surface area contributed by atoms with E-state index in [0.717, 1.165) is 13.0 Å². The van der Waals surface area contributed by atoms with Crippen LogP contribution in [0.2, 0.25) is 0 Å². The fraction of sp³-hybridized carbons (Fsp3) is 0.833. The highest BCUT2D eigenvalue weighted by Gasteiger charge is 2.17. The molecule has 1 heterocycles. The molecule has 0 saturated carbocycles. The second kappa shape index (κ2) is 2.70. The Hall–Kier alpha value is -0.530. The van der Waals surface area contributed by atoms with Crippen molar-refractivity contribution in [2.45, 2.75) is 20.8 Å². The maximum absolute atomic E-state index is 10.5. The summed E-state index contributed by atoms with van der Waals surface area (Å²) in [7, 11) is 0. The van der Waals surface area contributed by atoms with Crippen molar-refractivity contribution in [3.8, 4) is 0 Å². The van der Waals surface area contributed by atoms with Gasteiger partial charge in [0.2, 0.25) is 5.91 Å². The Balaban J connectivity index is 0.000000490. The van der Waals surface area contributed by atoms with Crippen molar-refractivity contribution in [1.82, 2.24) is 5.32 Å². The second-order valence-corrected chi connectivity index (χ2v) is 1.98. The van der Waals surface area contributed by atoms with Gasteiger partial charge in [-0.15, -0.1) is 0 Å². The van der Waals surface area contributed by atoms with Crippen LogP contribution in [0.5, 0.6) is 0 Å². The summed E-state index contributed by atoms with van der Waals surface area (Å²) in [6, 6.07) is 0. The molecule has 1 aliphatic heterocycles. The van der Waals surface area contributed by atoms with Crippen molar-refractivity contribution < 1.29 is 4.79 Å². The highest BCUT2D eigenvalue weighted by atomic mass is 16.2. The average Bonchev–Trinajstić information content (AvgIpc) is 1.91. The van der Waals surface area contributed by atoms with Crippen molar-refractivity contribution in [3.63, 3.8) is 0 Å². The quantitative estimate of drug-likeness (QED) is 0.496. The Morgan fingerprint density at radius 3 is 2.50 bits per heavy atom. The van der Waals surface area contributed by atoms with Crippen LogP contribution in [-0.2, 0) is 4.79 Å². The van der Waals surface area contributed by atoms with E-state index in [0.29, 0.717) is 0 Å². The Kier molecular flexibility index (Phi) is 2.52. The number of carbonyl (C=O) groups excluding carboxylic acids is 1. The molecule has 1 saturated heterocycles. The number of nitrogens with one attached hydrogen (secondary N) is 1. The summed E-state index contributed by atoms with van der Waals surface area (Å²) in [4.78, 5) is 10.5. The minimum Gasteiger partial charge on any atom is -0.356 e. The smallest absolute Gasteiger partial charge is 0.222 e. The van der Waals surface area contributed by atoms with E-state index >= 15 is 0 Å². The van der Waals surface area contributed by atoms with Crippen LogP contribution in [0.3, 0.4) is 0 Å². The predicted octanol–water partition coefficient (Wildman–Crippen LogP) is 0.778. The van der Waals surface area contributed by atoms with Crippen molar-refractivity contribution >= 4 is 5.91 Å². The van der Waals surface area contributed by atoms with Gasteiger partial charge in [-0.2, -0.15) is 0 Å². The molecule has 1 amide bonds. The number of hydrogen-bond donors (Lipinski definition) is 1. The van der Waals surface area contributed by atoms with E-state index < -0.39 is 0 Å². The Bertz CT molecular complexity index is 90.5. The molecule has 1 N–H and O–H groups in total. The fourth-order valence-electron chi connectivity index (χ4n) is 0.717. The van der Waals surface area contributed by atoms with Gasteiger partial charge in [0.15, 0.2) is 0 Å². The van der Waals surface area contributed by atoms with E-state index in [4.69, 9.17) is 0 Å². The average molecular weight is 115 g/mol. The lowest BCUT2D eigenvalue weighted by atomic mass is 10.1. The first kappa shape index (κ1) is 7.47. The number of carbonyl (C=O) groups is 1. The molecule has 2 nitrogen and oxygen atoms in total. The molecule has 0 spiro atoms. The molecule has 48 valence electrons. The maximum Gasteiger partial charge on any atom is 0.222 e. The van der Waals surface area contributed by atoms with Crippen molar-refractivity contribution in [2.75, 3.05) is 6.54 Å². The Morgan fingerprint density at radius 2 is 2.38 bits per heavy atom. The highest BCUT2D eigenvalue weighted by Crippen LogP contribution is 2.05. The molecule has 1 unspecified atom stereocenters. The lowest BCUT2D eigenvalue weighted by Gasteiger charge is -1.90. The first-order valence-electron chi connectivity index (χ1n) is 2.58. The van der Waals surface area contributed by atoms with Crippen LogP contribution in [0.4, 0.5) is 0 Å². The van der Waals surface area contributed by atoms with E-state index in [1.165, 1.54) is 0 Å². The van der Waals surface area contributed by atoms with E-state index in [2.05, 4.69) is 5.32 Å². The zero-order valence-electron chi connectivity index (χ0n) is 4.40. The van der Waals surface area contributed by atoms with Crippen LogP contribution in [0.25, 0.3) is 0 Å². The van der Waals surface area contributed by atoms with Gasteiger partial charge in [-0.1, -0.05) is 14.4 Å². The van der Waals surface area contributed by atoms with Crippen molar-refractivity contribution in [1.29, 1.82) is 0 Å². The minimum absolute atomic E-state index is 0. The molecular weight excluding hydrogens is 102 g/mol. The van der Waals surface area contributed by atoms with E-state index in [9.17, 15) is 4.79 Å². The fourth-order valence-corrected chi connectivity index (χ4v) is 0.717. The molecule has 0 aromatic rings. The SMILES string of the molecule is C.CC1CCNC1=O. The van der Waals surface area contributed by atoms with Gasteiger partial charge >= 0.3 is 0 Å². The summed E-state index contributed by atoms with van der Waals surface area (Å²) in [6.07, 6.45) is 1.01. The highest BCUT2D eigenvalue weighted by molar-refractivity contribution is 5.80. The lowest BCUT2D eigenvalue weighted by Crippen LogP contribution is -2.16. The molecule has 0 aromatic heterocycles. The summed E-state index contributed by atoms with van der Waals surface area (Å²) in [5, 5.41) is 2.73. The predicted molar refractivity (Wildman–Crippen MR) is 33.5 cm³/mol. The van der Waals surface area contributed by atoms with Gasteiger partial charge in [0, 0.05) is 12.5 Å². The topological polar surface area (TPSA) is 29.1 Å². The van der Waals surface area contributed by atoms with Crippen LogP contribution in [-0.4, -0.2) is 12.5 Å². The molecule has 0 bridgehead atoms. The van der Waals surface area contributed by atoms with Gasteiger partial charge in [0.25, 0.3) is 0 Å². The normalized spacial score (nSPS) is 26.6. The van der Waals surface area contributed by atoms with Gasteiger partial charge in [-0.3, -0.25) is 4.79 Å². The van der Waals surface area contributed by atoms with Crippen molar-refractivity contribution in [3.05, 3.63) is 0 Å². The van der Waals surface area contributed by atoms with Crippen LogP contribution in [0.15, 0.2) is 0 Å². The van der Waals surface area contributed by atoms with Crippen LogP contribution in [0, 0.1) is 5.92 Å². The molecule has 0 radical (unpaired) electrons. The molecule has 2 heteroatoms. The third kappa shape index (κ3) is 1.22. The van der Waals surface area contributed by atoms with Gasteiger partial charge < -0.3 is 5.32 Å². The zero-order chi connectivity index (χ0) is 5.28. The van der Waals surface area contributed by atoms with E-state index in [1.54, 1.807) is 0 Å². The Labute approximate surface area is 50.3 Å². The van der Waals surface area contributed by atoms with Gasteiger partial charge in [-0.05, 0) is 6.42 Å². The standard InChI is InChI=1S/C5H9NO.CH4/c1-4-2-3-6-5(4)7;/h4H,2-3H2,1H3,(H,6,7);1H4. The molecule has 0 aromatic carbocycles. The third-order valence-corrected chi connectivity index (χ3v) is 1.32. The lowest BCUT2D eigenvalue weighted by molar-refractivity contribution is -0.121. The number of hydrogen-bond acceptors (Lipinski definition) is 1. The molecule has 1 aliphatic rings. The molecule has 0 aliphatic carbocycles. The van der Waals surface area contributed by atoms with E-state index in [1.807, 2.05) is 6.92 Å². The molecule has 1 atom stereocenters. The summed E-state index contributed by atoms with van der Waals surface area (Å²) in [5.41, 5.74) is 0. The largest absolute Gasteiger partial charge is 0.356 e. The molecule has 1 rings (SSSR count). The molecule has 8 heavy (non-hydrogen) atoms. The molecule has 1 fully saturated rings.